The number of alkyl halides is 2. The normalized spacial score (nSPS) is 19.4. The molecule has 2 fully saturated rings. The van der Waals surface area contributed by atoms with Crippen LogP contribution in [-0.4, -0.2) is 92.4 Å². The molecule has 2 saturated heterocycles. The van der Waals surface area contributed by atoms with E-state index >= 15 is 4.39 Å². The summed E-state index contributed by atoms with van der Waals surface area (Å²) in [5.74, 6) is -0.599. The number of nitrogens with zero attached hydrogens (tertiary/aromatic N) is 8. The molecule has 2 aromatic carbocycles. The lowest BCUT2D eigenvalue weighted by Crippen LogP contribution is -2.67. The number of hydrogen-bond donors (Lipinski definition) is 1. The molecule has 10 nitrogen and oxygen atoms in total. The number of piperidine rings is 1. The molecule has 3 aromatic heterocycles. The first-order chi connectivity index (χ1) is 23.8. The predicted molar refractivity (Wildman–Crippen MR) is 188 cm³/mol. The van der Waals surface area contributed by atoms with Crippen LogP contribution < -0.4 is 4.90 Å². The number of aromatic amines is 1. The molecule has 1 amide bonds. The van der Waals surface area contributed by atoms with Gasteiger partial charge in [-0.05, 0) is 64.6 Å². The molecule has 2 atom stereocenters. The molecule has 1 N–H and O–H groups in total. The Bertz CT molecular complexity index is 2240. The first-order valence-corrected chi connectivity index (χ1v) is 17.0. The fraction of sp³-hybridized carbons (Fsp3) is 0.400. The van der Waals surface area contributed by atoms with Gasteiger partial charge in [-0.1, -0.05) is 23.2 Å². The minimum atomic E-state index is -2.76. The maximum atomic E-state index is 17.2. The van der Waals surface area contributed by atoms with E-state index in [1.807, 2.05) is 18.8 Å². The van der Waals surface area contributed by atoms with Gasteiger partial charge in [0, 0.05) is 58.7 Å². The molecule has 5 heterocycles. The maximum absolute atomic E-state index is 17.2. The minimum absolute atomic E-state index is 0.0136. The molecule has 2 aliphatic heterocycles. The van der Waals surface area contributed by atoms with Crippen molar-refractivity contribution in [1.29, 1.82) is 5.26 Å². The molecule has 0 unspecified atom stereocenters. The number of likely N-dealkylation sites (tertiary alicyclic amines) is 1. The fourth-order valence-electron chi connectivity index (χ4n) is 7.39. The maximum Gasteiger partial charge on any atom is 0.257 e. The molecular formula is C35H34Cl2F3N9O. The van der Waals surface area contributed by atoms with Crippen LogP contribution in [0, 0.1) is 24.1 Å². The number of fused-ring (bicyclic) bond motifs is 4. The largest absolute Gasteiger partial charge is 0.352 e. The molecule has 2 aliphatic rings. The van der Waals surface area contributed by atoms with Crippen molar-refractivity contribution in [3.05, 3.63) is 58.1 Å². The van der Waals surface area contributed by atoms with Gasteiger partial charge in [-0.3, -0.25) is 14.6 Å². The summed E-state index contributed by atoms with van der Waals surface area (Å²) in [4.78, 5) is 23.5. The van der Waals surface area contributed by atoms with Crippen LogP contribution in [0.2, 0.25) is 10.0 Å². The van der Waals surface area contributed by atoms with Crippen molar-refractivity contribution < 1.29 is 18.0 Å². The van der Waals surface area contributed by atoms with E-state index in [9.17, 15) is 18.8 Å². The highest BCUT2D eigenvalue weighted by Gasteiger charge is 2.43. The van der Waals surface area contributed by atoms with E-state index in [0.29, 0.717) is 81.2 Å². The van der Waals surface area contributed by atoms with Gasteiger partial charge in [0.2, 0.25) is 5.91 Å². The van der Waals surface area contributed by atoms with Crippen molar-refractivity contribution in [2.45, 2.75) is 57.2 Å². The van der Waals surface area contributed by atoms with E-state index < -0.39 is 24.2 Å². The Morgan fingerprint density at radius 2 is 1.94 bits per heavy atom. The average molecular weight is 725 g/mol. The number of nitrogens with one attached hydrogen (secondary N) is 1. The van der Waals surface area contributed by atoms with Crippen LogP contribution in [0.1, 0.15) is 37.8 Å². The Balaban J connectivity index is 1.41. The molecule has 0 bridgehead atoms. The minimum Gasteiger partial charge on any atom is -0.352 e. The highest BCUT2D eigenvalue weighted by Crippen LogP contribution is 2.46. The first-order valence-electron chi connectivity index (χ1n) is 16.2. The second kappa shape index (κ2) is 12.7. The third-order valence-electron chi connectivity index (χ3n) is 10.4. The zero-order valence-electron chi connectivity index (χ0n) is 27.8. The number of rotatable bonds is 7. The highest BCUT2D eigenvalue weighted by molar-refractivity contribution is 6.36. The topological polar surface area (TPSA) is 110 Å². The predicted octanol–water partition coefficient (Wildman–Crippen LogP) is 7.29. The van der Waals surface area contributed by atoms with Crippen LogP contribution in [0.15, 0.2) is 36.7 Å². The number of anilines is 1. The van der Waals surface area contributed by atoms with Gasteiger partial charge in [-0.25, -0.2) is 18.2 Å². The van der Waals surface area contributed by atoms with E-state index in [1.165, 1.54) is 4.90 Å². The Hall–Kier alpha value is -4.38. The number of pyridine rings is 1. The second-order valence-corrected chi connectivity index (χ2v) is 14.4. The van der Waals surface area contributed by atoms with Crippen LogP contribution >= 0.6 is 23.2 Å². The zero-order chi connectivity index (χ0) is 35.6. The number of halogens is 5. The number of hydrogen-bond acceptors (Lipinski definition) is 7. The van der Waals surface area contributed by atoms with Gasteiger partial charge in [-0.15, -0.1) is 0 Å². The SMILES string of the molecule is Cc1c(Cl)cc2[nH]ncc2c1-c1c(Cl)cc2c(nc(N3CC(C)(N(C)C)C3)c3cnn([C@H]4CCN(C(=O)/C=C/C(F)F)[C@H](CC#N)C4)c32)c1F. The Morgan fingerprint density at radius 1 is 1.18 bits per heavy atom. The van der Waals surface area contributed by atoms with Crippen molar-refractivity contribution in [3.63, 3.8) is 0 Å². The lowest BCUT2D eigenvalue weighted by molar-refractivity contribution is -0.130. The van der Waals surface area contributed by atoms with Crippen LogP contribution in [0.25, 0.3) is 43.8 Å². The molecule has 260 valence electrons. The molecule has 5 aromatic rings. The van der Waals surface area contributed by atoms with Gasteiger partial charge in [0.15, 0.2) is 5.82 Å². The van der Waals surface area contributed by atoms with E-state index in [-0.39, 0.29) is 40.6 Å². The number of carbonyl (C=O) groups excluding carboxylic acids is 1. The lowest BCUT2D eigenvalue weighted by Gasteiger charge is -2.52. The highest BCUT2D eigenvalue weighted by atomic mass is 35.5. The van der Waals surface area contributed by atoms with Gasteiger partial charge in [0.05, 0.1) is 57.9 Å². The van der Waals surface area contributed by atoms with Crippen LogP contribution in [0.4, 0.5) is 19.0 Å². The molecule has 0 saturated carbocycles. The third-order valence-corrected chi connectivity index (χ3v) is 11.1. The Morgan fingerprint density at radius 3 is 2.64 bits per heavy atom. The molecule has 15 heteroatoms. The number of likely N-dealkylation sites (N-methyl/N-ethyl adjacent to an activating group) is 1. The van der Waals surface area contributed by atoms with E-state index in [2.05, 4.69) is 33.0 Å². The van der Waals surface area contributed by atoms with Crippen molar-refractivity contribution in [1.82, 2.24) is 34.8 Å². The summed E-state index contributed by atoms with van der Waals surface area (Å²) in [6.45, 7) is 5.49. The second-order valence-electron chi connectivity index (χ2n) is 13.6. The third kappa shape index (κ3) is 5.54. The fourth-order valence-corrected chi connectivity index (χ4v) is 7.88. The molecule has 0 spiro atoms. The van der Waals surface area contributed by atoms with E-state index in [0.717, 1.165) is 6.08 Å². The van der Waals surface area contributed by atoms with Crippen LogP contribution in [0.3, 0.4) is 0 Å². The van der Waals surface area contributed by atoms with Gasteiger partial charge in [0.1, 0.15) is 11.3 Å². The van der Waals surface area contributed by atoms with Crippen LogP contribution in [-0.2, 0) is 4.79 Å². The first kappa shape index (κ1) is 34.1. The number of carbonyl (C=O) groups is 1. The van der Waals surface area contributed by atoms with Crippen molar-refractivity contribution in [3.8, 4) is 17.2 Å². The van der Waals surface area contributed by atoms with Crippen LogP contribution in [0.5, 0.6) is 0 Å². The molecule has 0 aliphatic carbocycles. The number of amides is 1. The average Bonchev–Trinajstić information content (AvgIpc) is 3.71. The number of aromatic nitrogens is 5. The molecule has 50 heavy (non-hydrogen) atoms. The van der Waals surface area contributed by atoms with Gasteiger partial charge >= 0.3 is 0 Å². The van der Waals surface area contributed by atoms with Gasteiger partial charge in [-0.2, -0.15) is 15.5 Å². The standard InChI is InChI=1S/C35H34Cl2F3N9O/c1-18-24(36)13-26-22(14-42-45-26)29(18)30-25(37)12-21-32(31(30)40)44-34(47-16-35(2,17-47)46(3)4)23-15-43-49(33(21)23)20-8-10-48(19(11-20)7-9-41)28(50)6-5-27(38)39/h5-6,12-15,19-20,27H,7-8,10-11,16-17H2,1-4H3,(H,42,45)/b6-5+/t19-,20+/m1/s1. The van der Waals surface area contributed by atoms with Crippen molar-refractivity contribution >= 4 is 67.6 Å². The number of benzene rings is 2. The molecular weight excluding hydrogens is 690 g/mol. The summed E-state index contributed by atoms with van der Waals surface area (Å²) in [5, 5.41) is 23.9. The summed E-state index contributed by atoms with van der Waals surface area (Å²) < 4.78 is 44.7. The van der Waals surface area contributed by atoms with Crippen molar-refractivity contribution in [2.24, 2.45) is 0 Å². The van der Waals surface area contributed by atoms with E-state index in [1.54, 1.807) is 31.5 Å². The van der Waals surface area contributed by atoms with E-state index in [4.69, 9.17) is 33.3 Å². The Kier molecular flexibility index (Phi) is 8.69. The zero-order valence-corrected chi connectivity index (χ0v) is 29.3. The summed E-state index contributed by atoms with van der Waals surface area (Å²) in [7, 11) is 4.05. The number of H-pyrrole nitrogens is 1. The number of allylic oxidation sites excluding steroid dienone is 1. The number of nitriles is 1. The summed E-state index contributed by atoms with van der Waals surface area (Å²) in [5.41, 5.74) is 2.59. The molecule has 0 radical (unpaired) electrons. The van der Waals surface area contributed by atoms with Gasteiger partial charge in [0.25, 0.3) is 6.43 Å². The summed E-state index contributed by atoms with van der Waals surface area (Å²) in [6, 6.07) is 4.75. The summed E-state index contributed by atoms with van der Waals surface area (Å²) >= 11 is 13.6. The lowest BCUT2D eigenvalue weighted by atomic mass is 9.90. The van der Waals surface area contributed by atoms with Gasteiger partial charge < -0.3 is 14.7 Å². The summed E-state index contributed by atoms with van der Waals surface area (Å²) in [6.07, 6.45) is 2.77. The van der Waals surface area contributed by atoms with Crippen molar-refractivity contribution in [2.75, 3.05) is 38.6 Å². The quantitative estimate of drug-likeness (QED) is 0.176. The molecule has 7 rings (SSSR count). The smallest absolute Gasteiger partial charge is 0.257 e. The monoisotopic (exact) mass is 723 g/mol. The Labute approximate surface area is 296 Å².